The van der Waals surface area contributed by atoms with Crippen molar-refractivity contribution in [3.05, 3.63) is 71.8 Å². The van der Waals surface area contributed by atoms with E-state index in [0.29, 0.717) is 0 Å². The molecule has 0 amide bonds. The van der Waals surface area contributed by atoms with Gasteiger partial charge in [0.2, 0.25) is 6.29 Å². The summed E-state index contributed by atoms with van der Waals surface area (Å²) in [5.74, 6) is -5.61. The molecule has 3 atom stereocenters. The number of aliphatic hydroxyl groups is 1. The van der Waals surface area contributed by atoms with Gasteiger partial charge in [0.05, 0.1) is 11.1 Å². The lowest BCUT2D eigenvalue weighted by molar-refractivity contribution is -0.199. The molecule has 3 rings (SSSR count). The molecule has 2 aromatic carbocycles. The molecule has 0 aromatic heterocycles. The van der Waals surface area contributed by atoms with E-state index in [4.69, 9.17) is 14.2 Å². The Kier molecular flexibility index (Phi) is 5.48. The Morgan fingerprint density at radius 2 is 1.48 bits per heavy atom. The molecule has 0 aliphatic carbocycles. The second kappa shape index (κ2) is 7.81. The van der Waals surface area contributed by atoms with E-state index in [1.807, 2.05) is 0 Å². The van der Waals surface area contributed by atoms with Crippen molar-refractivity contribution in [1.82, 2.24) is 0 Å². The first-order valence-electron chi connectivity index (χ1n) is 8.09. The molecule has 0 radical (unpaired) electrons. The van der Waals surface area contributed by atoms with Crippen LogP contribution in [0.25, 0.3) is 0 Å². The van der Waals surface area contributed by atoms with Crippen molar-refractivity contribution in [2.24, 2.45) is 0 Å². The van der Waals surface area contributed by atoms with Crippen molar-refractivity contribution in [2.75, 3.05) is 6.61 Å². The van der Waals surface area contributed by atoms with Gasteiger partial charge in [-0.3, -0.25) is 0 Å². The van der Waals surface area contributed by atoms with Crippen molar-refractivity contribution in [2.45, 2.75) is 24.4 Å². The molecule has 1 fully saturated rings. The molecule has 0 bridgehead atoms. The zero-order valence-electron chi connectivity index (χ0n) is 14.0. The molecule has 8 heteroatoms. The quantitative estimate of drug-likeness (QED) is 0.805. The van der Waals surface area contributed by atoms with Crippen LogP contribution in [0, 0.1) is 0 Å². The summed E-state index contributed by atoms with van der Waals surface area (Å²) in [7, 11) is 0. The number of esters is 2. The number of alkyl halides is 2. The molecule has 1 N–H and O–H groups in total. The summed E-state index contributed by atoms with van der Waals surface area (Å²) in [6.07, 6.45) is -6.11. The van der Waals surface area contributed by atoms with Gasteiger partial charge in [-0.2, -0.15) is 8.78 Å². The Balaban J connectivity index is 1.69. The van der Waals surface area contributed by atoms with Crippen molar-refractivity contribution < 1.29 is 37.7 Å². The van der Waals surface area contributed by atoms with Gasteiger partial charge in [-0.1, -0.05) is 36.4 Å². The molecule has 6 nitrogen and oxygen atoms in total. The summed E-state index contributed by atoms with van der Waals surface area (Å²) in [6, 6.07) is 15.5. The maximum absolute atomic E-state index is 14.2. The van der Waals surface area contributed by atoms with Gasteiger partial charge in [-0.15, -0.1) is 0 Å². The minimum Gasteiger partial charge on any atom is -0.459 e. The largest absolute Gasteiger partial charge is 0.459 e. The summed E-state index contributed by atoms with van der Waals surface area (Å²) in [6.45, 7) is -0.618. The summed E-state index contributed by atoms with van der Waals surface area (Å²) < 4.78 is 43.0. The molecule has 1 unspecified atom stereocenters. The Morgan fingerprint density at radius 3 is 2.04 bits per heavy atom. The van der Waals surface area contributed by atoms with Crippen LogP contribution in [-0.4, -0.2) is 48.1 Å². The third-order valence-corrected chi connectivity index (χ3v) is 3.98. The Bertz CT molecular complexity index is 796. The number of hydrogen-bond donors (Lipinski definition) is 1. The molecule has 0 saturated carbocycles. The highest BCUT2D eigenvalue weighted by Crippen LogP contribution is 2.37. The highest BCUT2D eigenvalue weighted by molar-refractivity contribution is 5.90. The van der Waals surface area contributed by atoms with E-state index in [9.17, 15) is 23.5 Å². The van der Waals surface area contributed by atoms with Crippen LogP contribution >= 0.6 is 0 Å². The topological polar surface area (TPSA) is 82.1 Å². The average molecular weight is 378 g/mol. The summed E-state index contributed by atoms with van der Waals surface area (Å²) >= 11 is 0. The first kappa shape index (κ1) is 18.9. The molecule has 27 heavy (non-hydrogen) atoms. The van der Waals surface area contributed by atoms with Crippen LogP contribution in [0.1, 0.15) is 20.7 Å². The van der Waals surface area contributed by atoms with Gasteiger partial charge < -0.3 is 19.3 Å². The second-order valence-corrected chi connectivity index (χ2v) is 5.86. The van der Waals surface area contributed by atoms with Gasteiger partial charge in [0.1, 0.15) is 12.7 Å². The average Bonchev–Trinajstić information content (AvgIpc) is 2.90. The number of benzene rings is 2. The lowest BCUT2D eigenvalue weighted by atomic mass is 10.1. The van der Waals surface area contributed by atoms with Crippen LogP contribution in [0.15, 0.2) is 60.7 Å². The predicted octanol–water partition coefficient (Wildman–Crippen LogP) is 2.42. The number of halogens is 2. The standard InChI is InChI=1S/C19H16F2O6/c20-19(21)15(27-17(23)13-9-5-2-6-10-13)14(26-18(19)24)11-25-16(22)12-7-3-1-4-8-12/h1-10,14-15,18,24H,11H2/t14-,15+,18?/m1/s1. The normalized spacial score (nSPS) is 23.6. The fraction of sp³-hybridized carbons (Fsp3) is 0.263. The molecule has 1 saturated heterocycles. The third kappa shape index (κ3) is 4.12. The first-order chi connectivity index (χ1) is 12.9. The van der Waals surface area contributed by atoms with Crippen LogP contribution < -0.4 is 0 Å². The van der Waals surface area contributed by atoms with Gasteiger partial charge in [0.25, 0.3) is 0 Å². The maximum atomic E-state index is 14.2. The fourth-order valence-electron chi connectivity index (χ4n) is 2.57. The summed E-state index contributed by atoms with van der Waals surface area (Å²) in [4.78, 5) is 24.1. The van der Waals surface area contributed by atoms with E-state index in [2.05, 4.69) is 0 Å². The van der Waals surface area contributed by atoms with Gasteiger partial charge in [-0.05, 0) is 24.3 Å². The first-order valence-corrected chi connectivity index (χ1v) is 8.09. The monoisotopic (exact) mass is 378 g/mol. The van der Waals surface area contributed by atoms with Crippen LogP contribution in [-0.2, 0) is 14.2 Å². The van der Waals surface area contributed by atoms with Crippen molar-refractivity contribution >= 4 is 11.9 Å². The Hall–Kier alpha value is -2.84. The second-order valence-electron chi connectivity index (χ2n) is 5.86. The smallest absolute Gasteiger partial charge is 0.338 e. The Morgan fingerprint density at radius 1 is 0.963 bits per heavy atom. The predicted molar refractivity (Wildman–Crippen MR) is 88.2 cm³/mol. The minimum atomic E-state index is -3.85. The van der Waals surface area contributed by atoms with E-state index in [1.165, 1.54) is 24.3 Å². The Labute approximate surface area is 153 Å². The van der Waals surface area contributed by atoms with Crippen LogP contribution in [0.4, 0.5) is 8.78 Å². The van der Waals surface area contributed by atoms with Crippen molar-refractivity contribution in [1.29, 1.82) is 0 Å². The number of hydrogen-bond acceptors (Lipinski definition) is 6. The number of carbonyl (C=O) groups excluding carboxylic acids is 2. The molecular formula is C19H16F2O6. The molecule has 1 aliphatic heterocycles. The van der Waals surface area contributed by atoms with Crippen LogP contribution in [0.3, 0.4) is 0 Å². The molecular weight excluding hydrogens is 362 g/mol. The van der Waals surface area contributed by atoms with E-state index in [1.54, 1.807) is 36.4 Å². The number of carbonyl (C=O) groups is 2. The summed E-state index contributed by atoms with van der Waals surface area (Å²) in [5.41, 5.74) is 0.287. The van der Waals surface area contributed by atoms with Gasteiger partial charge in [-0.25, -0.2) is 9.59 Å². The van der Waals surface area contributed by atoms with Gasteiger partial charge in [0.15, 0.2) is 6.10 Å². The highest BCUT2D eigenvalue weighted by atomic mass is 19.3. The third-order valence-electron chi connectivity index (χ3n) is 3.98. The van der Waals surface area contributed by atoms with E-state index < -0.39 is 43.0 Å². The summed E-state index contributed by atoms with van der Waals surface area (Å²) in [5, 5.41) is 9.46. The molecule has 0 spiro atoms. The van der Waals surface area contributed by atoms with E-state index in [-0.39, 0.29) is 11.1 Å². The lowest BCUT2D eigenvalue weighted by Gasteiger charge is -2.22. The zero-order chi connectivity index (χ0) is 19.4. The van der Waals surface area contributed by atoms with E-state index in [0.717, 1.165) is 0 Å². The maximum Gasteiger partial charge on any atom is 0.338 e. The van der Waals surface area contributed by atoms with Crippen LogP contribution in [0.2, 0.25) is 0 Å². The SMILES string of the molecule is O=C(OC[C@H]1OC(O)C(F)(F)[C@H]1OC(=O)c1ccccc1)c1ccccc1. The zero-order valence-corrected chi connectivity index (χ0v) is 14.0. The molecule has 1 aliphatic rings. The number of ether oxygens (including phenoxy) is 3. The molecule has 2 aromatic rings. The van der Waals surface area contributed by atoms with Crippen molar-refractivity contribution in [3.63, 3.8) is 0 Å². The fourth-order valence-corrected chi connectivity index (χ4v) is 2.57. The molecule has 142 valence electrons. The van der Waals surface area contributed by atoms with Crippen LogP contribution in [0.5, 0.6) is 0 Å². The van der Waals surface area contributed by atoms with E-state index >= 15 is 0 Å². The lowest BCUT2D eigenvalue weighted by Crippen LogP contribution is -2.44. The minimum absolute atomic E-state index is 0.0646. The van der Waals surface area contributed by atoms with Gasteiger partial charge in [0, 0.05) is 0 Å². The molecule has 1 heterocycles. The highest BCUT2D eigenvalue weighted by Gasteiger charge is 2.61. The number of rotatable bonds is 5. The number of aliphatic hydroxyl groups excluding tert-OH is 1. The van der Waals surface area contributed by atoms with Gasteiger partial charge >= 0.3 is 17.9 Å². The van der Waals surface area contributed by atoms with Crippen molar-refractivity contribution in [3.8, 4) is 0 Å².